The second-order valence-corrected chi connectivity index (χ2v) is 14.2. The highest BCUT2D eigenvalue weighted by molar-refractivity contribution is 6.05. The molecule has 0 fully saturated rings. The van der Waals surface area contributed by atoms with Crippen molar-refractivity contribution in [2.45, 2.75) is 213 Å². The van der Waals surface area contributed by atoms with E-state index in [1.54, 1.807) is 0 Å². The quantitative estimate of drug-likeness (QED) is 0.0641. The highest BCUT2D eigenvalue weighted by Crippen LogP contribution is 2.33. The third kappa shape index (κ3) is 17.9. The smallest absolute Gasteiger partial charge is 0.336 e. The standard InChI is InChI=1S/C42H72O6/c1-4-7-10-13-16-19-22-25-28-31-34-37(40(43)44)35(32-29-26-23-20-17-14-11-8-5-2)39(42(47)48)36(38(34)41(45)46)33-30-27-24-21-18-15-12-9-6-3/h4-33H2,1-3H3,(H,43,44)(H,45,46)(H,47,48). The van der Waals surface area contributed by atoms with Crippen LogP contribution in [0.15, 0.2) is 0 Å². The summed E-state index contributed by atoms with van der Waals surface area (Å²) < 4.78 is 0. The van der Waals surface area contributed by atoms with Crippen LogP contribution in [0.5, 0.6) is 0 Å². The van der Waals surface area contributed by atoms with Crippen LogP contribution in [0.25, 0.3) is 0 Å². The summed E-state index contributed by atoms with van der Waals surface area (Å²) in [6.45, 7) is 6.64. The first-order valence-corrected chi connectivity index (χ1v) is 20.2. The second kappa shape index (κ2) is 28.5. The van der Waals surface area contributed by atoms with Gasteiger partial charge in [-0.05, 0) is 55.2 Å². The van der Waals surface area contributed by atoms with Crippen molar-refractivity contribution >= 4 is 17.9 Å². The second-order valence-electron chi connectivity index (χ2n) is 14.2. The Kier molecular flexibility index (Phi) is 25.9. The first-order valence-electron chi connectivity index (χ1n) is 20.2. The van der Waals surface area contributed by atoms with E-state index in [1.807, 2.05) is 0 Å². The summed E-state index contributed by atoms with van der Waals surface area (Å²) in [6, 6.07) is 0. The van der Waals surface area contributed by atoms with E-state index in [0.29, 0.717) is 55.2 Å². The maximum absolute atomic E-state index is 12.9. The molecule has 0 unspecified atom stereocenters. The average Bonchev–Trinajstić information content (AvgIpc) is 3.05. The lowest BCUT2D eigenvalue weighted by molar-refractivity contribution is 0.0693. The van der Waals surface area contributed by atoms with E-state index in [9.17, 15) is 29.7 Å². The van der Waals surface area contributed by atoms with Gasteiger partial charge in [-0.2, -0.15) is 0 Å². The Labute approximate surface area is 293 Å². The summed E-state index contributed by atoms with van der Waals surface area (Å²) in [5, 5.41) is 31.5. The summed E-state index contributed by atoms with van der Waals surface area (Å²) in [7, 11) is 0. The van der Waals surface area contributed by atoms with Gasteiger partial charge in [0.25, 0.3) is 0 Å². The molecule has 0 saturated carbocycles. The van der Waals surface area contributed by atoms with Crippen molar-refractivity contribution in [2.24, 2.45) is 0 Å². The molecule has 1 aromatic carbocycles. The van der Waals surface area contributed by atoms with Crippen LogP contribution in [0.4, 0.5) is 0 Å². The van der Waals surface area contributed by atoms with Gasteiger partial charge in [0.1, 0.15) is 0 Å². The van der Waals surface area contributed by atoms with Crippen LogP contribution >= 0.6 is 0 Å². The van der Waals surface area contributed by atoms with Gasteiger partial charge in [0.2, 0.25) is 0 Å². The predicted octanol–water partition coefficient (Wildman–Crippen LogP) is 13.0. The van der Waals surface area contributed by atoms with Gasteiger partial charge in [-0.25, -0.2) is 14.4 Å². The predicted molar refractivity (Wildman–Crippen MR) is 200 cm³/mol. The Bertz CT molecular complexity index is 880. The average molecular weight is 673 g/mol. The van der Waals surface area contributed by atoms with Crippen molar-refractivity contribution in [3.05, 3.63) is 33.4 Å². The van der Waals surface area contributed by atoms with E-state index in [-0.39, 0.29) is 16.7 Å². The van der Waals surface area contributed by atoms with Crippen molar-refractivity contribution in [1.29, 1.82) is 0 Å². The molecule has 6 heteroatoms. The zero-order chi connectivity index (χ0) is 35.4. The van der Waals surface area contributed by atoms with Crippen molar-refractivity contribution in [3.8, 4) is 0 Å². The van der Waals surface area contributed by atoms with Gasteiger partial charge in [0.05, 0.1) is 16.7 Å². The summed E-state index contributed by atoms with van der Waals surface area (Å²) in [6.07, 6.45) is 31.0. The molecule has 1 rings (SSSR count). The van der Waals surface area contributed by atoms with Gasteiger partial charge in [0.15, 0.2) is 0 Å². The molecule has 0 amide bonds. The number of carboxylic acid groups (broad SMARTS) is 3. The molecule has 0 aliphatic rings. The van der Waals surface area contributed by atoms with E-state index in [2.05, 4.69) is 20.8 Å². The summed E-state index contributed by atoms with van der Waals surface area (Å²) >= 11 is 0. The van der Waals surface area contributed by atoms with Crippen molar-refractivity contribution < 1.29 is 29.7 Å². The molecule has 0 bridgehead atoms. The fraction of sp³-hybridized carbons (Fsp3) is 0.786. The lowest BCUT2D eigenvalue weighted by atomic mass is 9.81. The molecule has 0 aliphatic heterocycles. The van der Waals surface area contributed by atoms with E-state index in [0.717, 1.165) is 57.8 Å². The van der Waals surface area contributed by atoms with Gasteiger partial charge < -0.3 is 15.3 Å². The lowest BCUT2D eigenvalue weighted by Gasteiger charge is -2.22. The van der Waals surface area contributed by atoms with Crippen LogP contribution in [-0.2, 0) is 19.3 Å². The molecule has 0 atom stereocenters. The number of hydrogen-bond donors (Lipinski definition) is 3. The van der Waals surface area contributed by atoms with Crippen molar-refractivity contribution in [1.82, 2.24) is 0 Å². The van der Waals surface area contributed by atoms with Crippen molar-refractivity contribution in [3.63, 3.8) is 0 Å². The van der Waals surface area contributed by atoms with Crippen LogP contribution in [0.3, 0.4) is 0 Å². The van der Waals surface area contributed by atoms with E-state index >= 15 is 0 Å². The Balaban J connectivity index is 3.22. The monoisotopic (exact) mass is 673 g/mol. The number of carboxylic acids is 3. The van der Waals surface area contributed by atoms with Crippen LogP contribution in [0.2, 0.25) is 0 Å². The topological polar surface area (TPSA) is 112 Å². The minimum absolute atomic E-state index is 0.0558. The molecular weight excluding hydrogens is 600 g/mol. The molecular formula is C42H72O6. The molecule has 0 aromatic heterocycles. The first kappa shape index (κ1) is 43.7. The number of unbranched alkanes of at least 4 members (excludes halogenated alkanes) is 24. The zero-order valence-corrected chi connectivity index (χ0v) is 31.3. The highest BCUT2D eigenvalue weighted by Gasteiger charge is 2.32. The Morgan fingerprint density at radius 1 is 0.312 bits per heavy atom. The van der Waals surface area contributed by atoms with Crippen LogP contribution in [-0.4, -0.2) is 33.2 Å². The summed E-state index contributed by atoms with van der Waals surface area (Å²) in [4.78, 5) is 38.6. The van der Waals surface area contributed by atoms with Gasteiger partial charge in [0, 0.05) is 0 Å². The molecule has 1 aromatic rings. The maximum atomic E-state index is 12.9. The zero-order valence-electron chi connectivity index (χ0n) is 31.3. The molecule has 0 saturated heterocycles. The fourth-order valence-electron chi connectivity index (χ4n) is 7.28. The Morgan fingerprint density at radius 3 is 0.646 bits per heavy atom. The fourth-order valence-corrected chi connectivity index (χ4v) is 7.28. The third-order valence-corrected chi connectivity index (χ3v) is 10.0. The minimum Gasteiger partial charge on any atom is -0.478 e. The molecule has 0 heterocycles. The molecule has 0 radical (unpaired) electrons. The van der Waals surface area contributed by atoms with Crippen molar-refractivity contribution in [2.75, 3.05) is 0 Å². The first-order chi connectivity index (χ1) is 23.3. The van der Waals surface area contributed by atoms with Gasteiger partial charge in [-0.3, -0.25) is 0 Å². The molecule has 0 aliphatic carbocycles. The SMILES string of the molecule is CCCCCCCCCCCc1c(C(=O)O)c(CCCCCCCCCCC)c(C(=O)O)c(CCCCCCCCCCC)c1C(=O)O. The van der Waals surface area contributed by atoms with Gasteiger partial charge >= 0.3 is 17.9 Å². The van der Waals surface area contributed by atoms with E-state index < -0.39 is 17.9 Å². The molecule has 48 heavy (non-hydrogen) atoms. The van der Waals surface area contributed by atoms with Crippen LogP contribution < -0.4 is 0 Å². The molecule has 6 nitrogen and oxygen atoms in total. The lowest BCUT2D eigenvalue weighted by Crippen LogP contribution is -2.22. The van der Waals surface area contributed by atoms with E-state index in [4.69, 9.17) is 0 Å². The minimum atomic E-state index is -1.20. The summed E-state index contributed by atoms with van der Waals surface area (Å²) in [5.41, 5.74) is 0.874. The van der Waals surface area contributed by atoms with E-state index in [1.165, 1.54) is 96.3 Å². The number of rotatable bonds is 33. The van der Waals surface area contributed by atoms with Crippen LogP contribution in [0.1, 0.15) is 242 Å². The van der Waals surface area contributed by atoms with Gasteiger partial charge in [-0.15, -0.1) is 0 Å². The molecule has 0 spiro atoms. The van der Waals surface area contributed by atoms with Gasteiger partial charge in [-0.1, -0.05) is 175 Å². The number of hydrogen-bond acceptors (Lipinski definition) is 3. The third-order valence-electron chi connectivity index (χ3n) is 10.0. The largest absolute Gasteiger partial charge is 0.478 e. The number of carbonyl (C=O) groups is 3. The molecule has 276 valence electrons. The normalized spacial score (nSPS) is 11.3. The maximum Gasteiger partial charge on any atom is 0.336 e. The highest BCUT2D eigenvalue weighted by atomic mass is 16.4. The number of benzene rings is 1. The summed E-state index contributed by atoms with van der Waals surface area (Å²) in [5.74, 6) is -3.61. The Morgan fingerprint density at radius 2 is 0.479 bits per heavy atom. The molecule has 3 N–H and O–H groups in total. The Hall–Kier alpha value is -2.37. The van der Waals surface area contributed by atoms with Crippen LogP contribution in [0, 0.1) is 0 Å². The number of aromatic carboxylic acids is 3.